The maximum absolute atomic E-state index is 13.1. The molecule has 184 valence electrons. The van der Waals surface area contributed by atoms with Crippen molar-refractivity contribution in [2.75, 3.05) is 13.1 Å². The van der Waals surface area contributed by atoms with Crippen LogP contribution in [0.4, 0.5) is 0 Å². The monoisotopic (exact) mass is 456 g/mol. The minimum atomic E-state index is -3.52. The average Bonchev–Trinajstić information content (AvgIpc) is 2.76. The van der Waals surface area contributed by atoms with Crippen LogP contribution in [-0.4, -0.2) is 31.1 Å². The van der Waals surface area contributed by atoms with Gasteiger partial charge in [-0.05, 0) is 19.3 Å². The van der Waals surface area contributed by atoms with E-state index in [1.54, 1.807) is 4.31 Å². The number of hydrogen-bond donors (Lipinski definition) is 0. The molecule has 0 aliphatic rings. The van der Waals surface area contributed by atoms with Crippen LogP contribution in [0.25, 0.3) is 0 Å². The van der Waals surface area contributed by atoms with Gasteiger partial charge in [-0.3, -0.25) is 0 Å². The quantitative estimate of drug-likeness (QED) is 0.146. The number of nitriles is 1. The van der Waals surface area contributed by atoms with E-state index in [1.165, 1.54) is 77.0 Å². The molecule has 31 heavy (non-hydrogen) atoms. The first-order valence-electron chi connectivity index (χ1n) is 13.4. The number of sulfonamides is 1. The van der Waals surface area contributed by atoms with Crippen LogP contribution in [0.2, 0.25) is 0 Å². The summed E-state index contributed by atoms with van der Waals surface area (Å²) in [6, 6.07) is 2.09. The SMILES string of the molecule is CCCCCCCCCCN(CCCCCCCCCC)S(=O)(=O)C(C#N)CCCC. The Morgan fingerprint density at radius 1 is 0.613 bits per heavy atom. The highest BCUT2D eigenvalue weighted by Gasteiger charge is 2.31. The molecular weight excluding hydrogens is 404 g/mol. The van der Waals surface area contributed by atoms with Crippen LogP contribution in [-0.2, 0) is 10.0 Å². The maximum Gasteiger partial charge on any atom is 0.230 e. The van der Waals surface area contributed by atoms with Crippen LogP contribution in [0, 0.1) is 11.3 Å². The van der Waals surface area contributed by atoms with E-state index in [1.807, 2.05) is 6.92 Å². The zero-order valence-corrected chi connectivity index (χ0v) is 21.9. The average molecular weight is 457 g/mol. The van der Waals surface area contributed by atoms with Gasteiger partial charge < -0.3 is 0 Å². The van der Waals surface area contributed by atoms with Gasteiger partial charge in [0.2, 0.25) is 10.0 Å². The smallest absolute Gasteiger partial charge is 0.211 e. The first kappa shape index (κ1) is 30.4. The number of rotatable bonds is 23. The maximum atomic E-state index is 13.1. The molecule has 0 saturated carbocycles. The molecule has 1 atom stereocenters. The van der Waals surface area contributed by atoms with Gasteiger partial charge >= 0.3 is 0 Å². The first-order chi connectivity index (χ1) is 15.0. The Hall–Kier alpha value is -0.600. The molecular formula is C26H52N2O2S. The van der Waals surface area contributed by atoms with Crippen LogP contribution in [0.3, 0.4) is 0 Å². The molecule has 5 heteroatoms. The normalized spacial score (nSPS) is 12.9. The minimum Gasteiger partial charge on any atom is -0.211 e. The van der Waals surface area contributed by atoms with Gasteiger partial charge in [0.1, 0.15) is 0 Å². The Morgan fingerprint density at radius 2 is 0.968 bits per heavy atom. The summed E-state index contributed by atoms with van der Waals surface area (Å²) in [5.74, 6) is 0. The molecule has 0 N–H and O–H groups in total. The predicted molar refractivity (Wildman–Crippen MR) is 135 cm³/mol. The van der Waals surface area contributed by atoms with Gasteiger partial charge in [-0.2, -0.15) is 5.26 Å². The van der Waals surface area contributed by atoms with Gasteiger partial charge in [-0.1, -0.05) is 124 Å². The number of hydrogen-bond acceptors (Lipinski definition) is 3. The van der Waals surface area contributed by atoms with Crippen molar-refractivity contribution in [2.45, 2.75) is 148 Å². The summed E-state index contributed by atoms with van der Waals surface area (Å²) < 4.78 is 28.0. The summed E-state index contributed by atoms with van der Waals surface area (Å²) in [4.78, 5) is 0. The summed E-state index contributed by atoms with van der Waals surface area (Å²) in [7, 11) is -3.52. The molecule has 0 saturated heterocycles. The van der Waals surface area contributed by atoms with Crippen molar-refractivity contribution in [2.24, 2.45) is 0 Å². The summed E-state index contributed by atoms with van der Waals surface area (Å²) in [5, 5.41) is 8.63. The van der Waals surface area contributed by atoms with E-state index in [0.29, 0.717) is 19.5 Å². The second kappa shape index (κ2) is 21.3. The Labute approximate surface area is 195 Å². The molecule has 0 aromatic heterocycles. The second-order valence-electron chi connectivity index (χ2n) is 9.15. The fourth-order valence-electron chi connectivity index (χ4n) is 4.06. The lowest BCUT2D eigenvalue weighted by Gasteiger charge is -2.25. The van der Waals surface area contributed by atoms with Crippen molar-refractivity contribution in [3.05, 3.63) is 0 Å². The summed E-state index contributed by atoms with van der Waals surface area (Å²) in [5.41, 5.74) is 0. The molecule has 0 spiro atoms. The molecule has 1 unspecified atom stereocenters. The lowest BCUT2D eigenvalue weighted by Crippen LogP contribution is -2.39. The van der Waals surface area contributed by atoms with Gasteiger partial charge in [0, 0.05) is 13.1 Å². The van der Waals surface area contributed by atoms with E-state index in [9.17, 15) is 13.7 Å². The van der Waals surface area contributed by atoms with E-state index < -0.39 is 15.3 Å². The summed E-state index contributed by atoms with van der Waals surface area (Å²) in [6.45, 7) is 7.67. The highest BCUT2D eigenvalue weighted by molar-refractivity contribution is 7.90. The fourth-order valence-corrected chi connectivity index (χ4v) is 5.78. The highest BCUT2D eigenvalue weighted by Crippen LogP contribution is 2.18. The van der Waals surface area contributed by atoms with Crippen LogP contribution in [0.1, 0.15) is 143 Å². The van der Waals surface area contributed by atoms with Crippen molar-refractivity contribution < 1.29 is 8.42 Å². The summed E-state index contributed by atoms with van der Waals surface area (Å²) in [6.07, 6.45) is 21.4. The Kier molecular flexibility index (Phi) is 20.8. The Morgan fingerprint density at radius 3 is 1.32 bits per heavy atom. The molecule has 0 amide bonds. The molecule has 0 rings (SSSR count). The van der Waals surface area contributed by atoms with Crippen molar-refractivity contribution >= 4 is 10.0 Å². The zero-order chi connectivity index (χ0) is 23.2. The lowest BCUT2D eigenvalue weighted by atomic mass is 10.1. The molecule has 0 aromatic rings. The number of unbranched alkanes of at least 4 members (excludes halogenated alkanes) is 15. The molecule has 0 heterocycles. The Bertz CT molecular complexity index is 508. The van der Waals surface area contributed by atoms with Gasteiger partial charge in [0.15, 0.2) is 5.25 Å². The molecule has 4 nitrogen and oxygen atoms in total. The van der Waals surface area contributed by atoms with E-state index in [-0.39, 0.29) is 0 Å². The lowest BCUT2D eigenvalue weighted by molar-refractivity contribution is 0.379. The molecule has 0 fully saturated rings. The molecule has 0 bridgehead atoms. The standard InChI is InChI=1S/C26H52N2O2S/c1-4-7-10-12-14-16-18-20-23-28(24-21-19-17-15-13-11-8-5-2)31(29,30)26(25-27)22-9-6-3/h26H,4-24H2,1-3H3. The van der Waals surface area contributed by atoms with E-state index in [2.05, 4.69) is 19.9 Å². The number of nitrogens with zero attached hydrogens (tertiary/aromatic N) is 2. The van der Waals surface area contributed by atoms with Crippen LogP contribution < -0.4 is 0 Å². The molecule has 0 aliphatic carbocycles. The van der Waals surface area contributed by atoms with Gasteiger partial charge in [0.05, 0.1) is 6.07 Å². The molecule has 0 radical (unpaired) electrons. The van der Waals surface area contributed by atoms with E-state index >= 15 is 0 Å². The van der Waals surface area contributed by atoms with Gasteiger partial charge in [-0.25, -0.2) is 12.7 Å². The fraction of sp³-hybridized carbons (Fsp3) is 0.962. The van der Waals surface area contributed by atoms with Gasteiger partial charge in [-0.15, -0.1) is 0 Å². The highest BCUT2D eigenvalue weighted by atomic mass is 32.2. The molecule has 0 aromatic carbocycles. The third-order valence-corrected chi connectivity index (χ3v) is 8.35. The third-order valence-electron chi connectivity index (χ3n) is 6.21. The van der Waals surface area contributed by atoms with Crippen LogP contribution in [0.5, 0.6) is 0 Å². The van der Waals surface area contributed by atoms with Crippen molar-refractivity contribution in [3.8, 4) is 6.07 Å². The summed E-state index contributed by atoms with van der Waals surface area (Å²) >= 11 is 0. The topological polar surface area (TPSA) is 61.2 Å². The zero-order valence-electron chi connectivity index (χ0n) is 21.0. The molecule has 0 aliphatic heterocycles. The van der Waals surface area contributed by atoms with Crippen LogP contribution in [0.15, 0.2) is 0 Å². The van der Waals surface area contributed by atoms with Crippen molar-refractivity contribution in [1.29, 1.82) is 5.26 Å². The van der Waals surface area contributed by atoms with E-state index in [4.69, 9.17) is 0 Å². The predicted octanol–water partition coefficient (Wildman–Crippen LogP) is 7.98. The minimum absolute atomic E-state index is 0.459. The third kappa shape index (κ3) is 15.8. The van der Waals surface area contributed by atoms with Crippen LogP contribution >= 0.6 is 0 Å². The first-order valence-corrected chi connectivity index (χ1v) is 14.9. The Balaban J connectivity index is 4.52. The van der Waals surface area contributed by atoms with Crippen molar-refractivity contribution in [3.63, 3.8) is 0 Å². The van der Waals surface area contributed by atoms with Crippen molar-refractivity contribution in [1.82, 2.24) is 4.31 Å². The van der Waals surface area contributed by atoms with Gasteiger partial charge in [0.25, 0.3) is 0 Å². The second-order valence-corrected chi connectivity index (χ2v) is 11.3. The largest absolute Gasteiger partial charge is 0.230 e. The van der Waals surface area contributed by atoms with E-state index in [0.717, 1.165) is 38.5 Å².